The van der Waals surface area contributed by atoms with Crippen molar-refractivity contribution in [3.8, 4) is 16.9 Å². The van der Waals surface area contributed by atoms with Crippen molar-refractivity contribution in [3.63, 3.8) is 0 Å². The molecule has 0 aliphatic carbocycles. The molecule has 0 spiro atoms. The van der Waals surface area contributed by atoms with E-state index >= 15 is 0 Å². The summed E-state index contributed by atoms with van der Waals surface area (Å²) in [5.41, 5.74) is 6.80. The van der Waals surface area contributed by atoms with E-state index in [9.17, 15) is 4.79 Å². The number of furan rings is 1. The summed E-state index contributed by atoms with van der Waals surface area (Å²) in [6.07, 6.45) is 4.67. The van der Waals surface area contributed by atoms with Gasteiger partial charge in [0, 0.05) is 34.7 Å². The zero-order valence-corrected chi connectivity index (χ0v) is 17.3. The lowest BCUT2D eigenvalue weighted by molar-refractivity contribution is -0.111. The number of nitrogens with one attached hydrogen (secondary N) is 1. The molecular formula is C24H22N2O4. The van der Waals surface area contributed by atoms with Gasteiger partial charge >= 0.3 is 0 Å². The Morgan fingerprint density at radius 3 is 2.67 bits per heavy atom. The lowest BCUT2D eigenvalue weighted by atomic mass is 9.96. The van der Waals surface area contributed by atoms with Gasteiger partial charge in [-0.2, -0.15) is 0 Å². The molecule has 0 aliphatic rings. The highest BCUT2D eigenvalue weighted by atomic mass is 16.5. The SMILES string of the molecule is COc1cc2occ(-c3ccc(C)cc3C)c2cc1/C(C)=C/C(=O)Nc1ccon1. The molecule has 1 amide bonds. The fourth-order valence-corrected chi connectivity index (χ4v) is 3.57. The largest absolute Gasteiger partial charge is 0.496 e. The number of hydrogen-bond donors (Lipinski definition) is 1. The number of amides is 1. The van der Waals surface area contributed by atoms with Crippen LogP contribution in [-0.4, -0.2) is 18.2 Å². The number of fused-ring (bicyclic) bond motifs is 1. The Morgan fingerprint density at radius 2 is 1.97 bits per heavy atom. The Kier molecular flexibility index (Phi) is 5.14. The Morgan fingerprint density at radius 1 is 1.13 bits per heavy atom. The zero-order chi connectivity index (χ0) is 21.3. The number of benzene rings is 2. The van der Waals surface area contributed by atoms with Gasteiger partial charge in [0.15, 0.2) is 5.82 Å². The van der Waals surface area contributed by atoms with Crippen LogP contribution in [0.15, 0.2) is 63.9 Å². The summed E-state index contributed by atoms with van der Waals surface area (Å²) in [5, 5.41) is 7.31. The number of hydrogen-bond acceptors (Lipinski definition) is 5. The molecule has 0 aliphatic heterocycles. The van der Waals surface area contributed by atoms with Crippen LogP contribution < -0.4 is 10.1 Å². The van der Waals surface area contributed by atoms with Gasteiger partial charge < -0.3 is 19.0 Å². The summed E-state index contributed by atoms with van der Waals surface area (Å²) in [7, 11) is 1.60. The lowest BCUT2D eigenvalue weighted by Crippen LogP contribution is -2.08. The van der Waals surface area contributed by atoms with Crippen LogP contribution in [-0.2, 0) is 4.79 Å². The first-order valence-electron chi connectivity index (χ1n) is 9.53. The minimum Gasteiger partial charge on any atom is -0.496 e. The number of anilines is 1. The van der Waals surface area contributed by atoms with E-state index in [0.29, 0.717) is 11.6 Å². The molecule has 4 aromatic rings. The zero-order valence-electron chi connectivity index (χ0n) is 17.3. The molecule has 6 heteroatoms. The highest BCUT2D eigenvalue weighted by Gasteiger charge is 2.16. The molecule has 152 valence electrons. The first-order chi connectivity index (χ1) is 14.5. The van der Waals surface area contributed by atoms with E-state index in [0.717, 1.165) is 33.2 Å². The Bertz CT molecular complexity index is 1250. The van der Waals surface area contributed by atoms with Crippen LogP contribution in [0.25, 0.3) is 27.7 Å². The second-order valence-corrected chi connectivity index (χ2v) is 7.22. The third-order valence-electron chi connectivity index (χ3n) is 5.03. The van der Waals surface area contributed by atoms with Crippen molar-refractivity contribution < 1.29 is 18.5 Å². The van der Waals surface area contributed by atoms with E-state index in [1.807, 2.05) is 19.1 Å². The van der Waals surface area contributed by atoms with Crippen molar-refractivity contribution in [2.24, 2.45) is 0 Å². The molecule has 2 aromatic carbocycles. The number of ether oxygens (including phenoxy) is 1. The number of methoxy groups -OCH3 is 1. The van der Waals surface area contributed by atoms with Gasteiger partial charge in [-0.3, -0.25) is 4.79 Å². The fourth-order valence-electron chi connectivity index (χ4n) is 3.57. The fraction of sp³-hybridized carbons (Fsp3) is 0.167. The predicted octanol–water partition coefficient (Wildman–Crippen LogP) is 5.76. The van der Waals surface area contributed by atoms with E-state index in [4.69, 9.17) is 13.7 Å². The van der Waals surface area contributed by atoms with Crippen LogP contribution >= 0.6 is 0 Å². The van der Waals surface area contributed by atoms with Gasteiger partial charge in [-0.1, -0.05) is 28.9 Å². The standard InChI is InChI=1S/C24H22N2O4/c1-14-5-6-17(15(2)9-14)20-13-29-22-12-21(28-4)18(11-19(20)22)16(3)10-24(27)25-23-7-8-30-26-23/h5-13H,1-4H3,(H,25,26,27)/b16-10+. The molecule has 1 N–H and O–H groups in total. The summed E-state index contributed by atoms with van der Waals surface area (Å²) in [5.74, 6) is 0.691. The van der Waals surface area contributed by atoms with Crippen molar-refractivity contribution in [1.82, 2.24) is 5.16 Å². The van der Waals surface area contributed by atoms with Gasteiger partial charge in [0.25, 0.3) is 0 Å². The molecule has 0 saturated heterocycles. The van der Waals surface area contributed by atoms with E-state index in [2.05, 4.69) is 42.5 Å². The van der Waals surface area contributed by atoms with Gasteiger partial charge in [-0.15, -0.1) is 0 Å². The van der Waals surface area contributed by atoms with Crippen molar-refractivity contribution in [3.05, 3.63) is 71.7 Å². The van der Waals surface area contributed by atoms with Crippen molar-refractivity contribution in [1.29, 1.82) is 0 Å². The summed E-state index contributed by atoms with van der Waals surface area (Å²) in [6, 6.07) is 11.8. The monoisotopic (exact) mass is 402 g/mol. The number of allylic oxidation sites excluding steroid dienone is 1. The highest BCUT2D eigenvalue weighted by Crippen LogP contribution is 2.38. The van der Waals surface area contributed by atoms with Gasteiger partial charge in [-0.05, 0) is 43.5 Å². The number of aromatic nitrogens is 1. The minimum atomic E-state index is -0.301. The molecule has 0 unspecified atom stereocenters. The highest BCUT2D eigenvalue weighted by molar-refractivity contribution is 6.05. The number of aryl methyl sites for hydroxylation is 2. The van der Waals surface area contributed by atoms with E-state index in [1.54, 1.807) is 19.4 Å². The molecule has 4 rings (SSSR count). The second-order valence-electron chi connectivity index (χ2n) is 7.22. The van der Waals surface area contributed by atoms with Crippen LogP contribution in [0, 0.1) is 13.8 Å². The lowest BCUT2D eigenvalue weighted by Gasteiger charge is -2.11. The Labute approximate surface area is 174 Å². The first kappa shape index (κ1) is 19.5. The van der Waals surface area contributed by atoms with Crippen LogP contribution in [0.1, 0.15) is 23.6 Å². The normalized spacial score (nSPS) is 11.7. The van der Waals surface area contributed by atoms with Crippen molar-refractivity contribution in [2.75, 3.05) is 12.4 Å². The van der Waals surface area contributed by atoms with Gasteiger partial charge in [0.05, 0.1) is 13.4 Å². The van der Waals surface area contributed by atoms with E-state index in [-0.39, 0.29) is 5.91 Å². The van der Waals surface area contributed by atoms with Crippen LogP contribution in [0.4, 0.5) is 5.82 Å². The number of carbonyl (C=O) groups is 1. The Hall–Kier alpha value is -3.80. The van der Waals surface area contributed by atoms with Crippen LogP contribution in [0.5, 0.6) is 5.75 Å². The van der Waals surface area contributed by atoms with Gasteiger partial charge in [0.2, 0.25) is 5.91 Å². The Balaban J connectivity index is 1.77. The smallest absolute Gasteiger partial charge is 0.249 e. The third kappa shape index (κ3) is 3.72. The molecule has 0 fully saturated rings. The first-order valence-corrected chi connectivity index (χ1v) is 9.53. The molecule has 0 radical (unpaired) electrons. The maximum Gasteiger partial charge on any atom is 0.249 e. The summed E-state index contributed by atoms with van der Waals surface area (Å²) >= 11 is 0. The second kappa shape index (κ2) is 7.91. The van der Waals surface area contributed by atoms with E-state index < -0.39 is 0 Å². The molecule has 0 bridgehead atoms. The molecular weight excluding hydrogens is 380 g/mol. The predicted molar refractivity (Wildman–Crippen MR) is 116 cm³/mol. The minimum absolute atomic E-state index is 0.301. The van der Waals surface area contributed by atoms with Crippen molar-refractivity contribution in [2.45, 2.75) is 20.8 Å². The van der Waals surface area contributed by atoms with E-state index in [1.165, 1.54) is 23.5 Å². The summed E-state index contributed by atoms with van der Waals surface area (Å²) in [4.78, 5) is 12.3. The van der Waals surface area contributed by atoms with Gasteiger partial charge in [-0.25, -0.2) is 0 Å². The average molecular weight is 402 g/mol. The maximum atomic E-state index is 12.3. The van der Waals surface area contributed by atoms with Crippen LogP contribution in [0.3, 0.4) is 0 Å². The molecule has 30 heavy (non-hydrogen) atoms. The number of rotatable bonds is 5. The molecule has 2 heterocycles. The quantitative estimate of drug-likeness (QED) is 0.430. The summed E-state index contributed by atoms with van der Waals surface area (Å²) in [6.45, 7) is 6.03. The third-order valence-corrected chi connectivity index (χ3v) is 5.03. The molecule has 2 aromatic heterocycles. The molecule has 0 saturated carbocycles. The number of carbonyl (C=O) groups excluding carboxylic acids is 1. The average Bonchev–Trinajstić information content (AvgIpc) is 3.36. The van der Waals surface area contributed by atoms with Gasteiger partial charge in [0.1, 0.15) is 17.6 Å². The number of nitrogens with zero attached hydrogens (tertiary/aromatic N) is 1. The van der Waals surface area contributed by atoms with Crippen molar-refractivity contribution >= 4 is 28.3 Å². The molecule has 6 nitrogen and oxygen atoms in total. The van der Waals surface area contributed by atoms with Crippen LogP contribution in [0.2, 0.25) is 0 Å². The maximum absolute atomic E-state index is 12.3. The summed E-state index contributed by atoms with van der Waals surface area (Å²) < 4.78 is 16.1. The topological polar surface area (TPSA) is 77.5 Å². The molecule has 0 atom stereocenters.